The monoisotopic (exact) mass is 479 g/mol. The fourth-order valence-electron chi connectivity index (χ4n) is 4.00. The van der Waals surface area contributed by atoms with Gasteiger partial charge in [-0.25, -0.2) is 16.8 Å². The molecule has 0 saturated carbocycles. The number of nitrogens with zero attached hydrogens (tertiary/aromatic N) is 2. The first-order chi connectivity index (χ1) is 15.1. The van der Waals surface area contributed by atoms with E-state index in [-0.39, 0.29) is 33.6 Å². The molecule has 0 aromatic heterocycles. The van der Waals surface area contributed by atoms with Crippen LogP contribution in [0.2, 0.25) is 0 Å². The maximum atomic E-state index is 13.1. The van der Waals surface area contributed by atoms with Gasteiger partial charge in [0.15, 0.2) is 0 Å². The number of likely N-dealkylation sites (N-methyl/N-ethyl adjacent to an activating group) is 1. The van der Waals surface area contributed by atoms with Crippen molar-refractivity contribution in [3.05, 3.63) is 42.0 Å². The van der Waals surface area contributed by atoms with Gasteiger partial charge in [-0.15, -0.1) is 0 Å². The van der Waals surface area contributed by atoms with Gasteiger partial charge in [-0.05, 0) is 54.8 Å². The third-order valence-corrected chi connectivity index (χ3v) is 9.06. The Morgan fingerprint density at radius 2 is 1.62 bits per heavy atom. The molecule has 172 valence electrons. The highest BCUT2D eigenvalue weighted by Gasteiger charge is 2.29. The molecule has 1 saturated heterocycles. The van der Waals surface area contributed by atoms with E-state index in [0.717, 1.165) is 19.3 Å². The minimum absolute atomic E-state index is 0.000857. The summed E-state index contributed by atoms with van der Waals surface area (Å²) in [6.07, 6.45) is 2.71. The Morgan fingerprint density at radius 1 is 0.938 bits per heavy atom. The number of ether oxygens (including phenoxy) is 1. The van der Waals surface area contributed by atoms with Gasteiger partial charge in [0.2, 0.25) is 15.9 Å². The normalized spacial score (nSPS) is 17.3. The predicted molar refractivity (Wildman–Crippen MR) is 120 cm³/mol. The van der Waals surface area contributed by atoms with Gasteiger partial charge in [0.1, 0.15) is 5.75 Å². The second-order valence-electron chi connectivity index (χ2n) is 7.85. The Morgan fingerprint density at radius 3 is 2.31 bits per heavy atom. The van der Waals surface area contributed by atoms with Crippen molar-refractivity contribution < 1.29 is 26.4 Å². The van der Waals surface area contributed by atoms with Crippen molar-refractivity contribution in [2.24, 2.45) is 0 Å². The molecule has 1 N–H and O–H groups in total. The topological polar surface area (TPSA) is 113 Å². The van der Waals surface area contributed by atoms with Crippen LogP contribution in [0.3, 0.4) is 0 Å². The van der Waals surface area contributed by atoms with Gasteiger partial charge in [0.25, 0.3) is 10.0 Å². The number of amides is 1. The lowest BCUT2D eigenvalue weighted by molar-refractivity contribution is -0.117. The Hall–Kier alpha value is -2.63. The molecule has 2 aromatic carbocycles. The van der Waals surface area contributed by atoms with Crippen LogP contribution in [0.4, 0.5) is 11.4 Å². The highest BCUT2D eigenvalue weighted by atomic mass is 32.2. The average Bonchev–Trinajstić information content (AvgIpc) is 3.07. The van der Waals surface area contributed by atoms with E-state index in [1.165, 1.54) is 46.6 Å². The van der Waals surface area contributed by atoms with E-state index < -0.39 is 20.0 Å². The van der Waals surface area contributed by atoms with Crippen LogP contribution in [-0.4, -0.2) is 54.3 Å². The summed E-state index contributed by atoms with van der Waals surface area (Å²) in [6.45, 7) is 0.884. The van der Waals surface area contributed by atoms with Gasteiger partial charge in [0.05, 0.1) is 29.0 Å². The van der Waals surface area contributed by atoms with E-state index in [1.54, 1.807) is 13.1 Å². The first kappa shape index (κ1) is 22.6. The van der Waals surface area contributed by atoms with Gasteiger partial charge in [-0.2, -0.15) is 4.31 Å². The summed E-state index contributed by atoms with van der Waals surface area (Å²) in [5.74, 6) is 0.0852. The molecule has 1 amide bonds. The average molecular weight is 480 g/mol. The standard InChI is InChI=1S/C21H25N3O6S2/c1-23-19-8-6-16(12-15(19)13-21(23)25)31(26,27)22-18-14-17(7-9-20(18)30-2)32(28,29)24-10-4-3-5-11-24/h6-9,12,14,22H,3-5,10-11,13H2,1-2H3. The molecular formula is C21H25N3O6S2. The molecular weight excluding hydrogens is 454 g/mol. The molecule has 0 bridgehead atoms. The number of hydrogen-bond donors (Lipinski definition) is 1. The number of fused-ring (bicyclic) bond motifs is 1. The lowest BCUT2D eigenvalue weighted by Crippen LogP contribution is -2.35. The van der Waals surface area contributed by atoms with E-state index in [9.17, 15) is 21.6 Å². The van der Waals surface area contributed by atoms with E-state index in [0.29, 0.717) is 24.3 Å². The van der Waals surface area contributed by atoms with Crippen LogP contribution < -0.4 is 14.4 Å². The van der Waals surface area contributed by atoms with Crippen molar-refractivity contribution in [2.75, 3.05) is 36.9 Å². The summed E-state index contributed by atoms with van der Waals surface area (Å²) in [5.41, 5.74) is 1.31. The molecule has 0 unspecified atom stereocenters. The Kier molecular flexibility index (Phi) is 5.91. The van der Waals surface area contributed by atoms with Crippen LogP contribution in [0.15, 0.2) is 46.2 Å². The van der Waals surface area contributed by atoms with Crippen LogP contribution in [0.1, 0.15) is 24.8 Å². The molecule has 0 atom stereocenters. The van der Waals surface area contributed by atoms with E-state index in [1.807, 2.05) is 0 Å². The fraction of sp³-hybridized carbons (Fsp3) is 0.381. The lowest BCUT2D eigenvalue weighted by Gasteiger charge is -2.26. The third-order valence-electron chi connectivity index (χ3n) is 5.81. The number of hydrogen-bond acceptors (Lipinski definition) is 6. The van der Waals surface area contributed by atoms with Crippen LogP contribution >= 0.6 is 0 Å². The number of benzene rings is 2. The van der Waals surface area contributed by atoms with Crippen LogP contribution in [0, 0.1) is 0 Å². The maximum Gasteiger partial charge on any atom is 0.262 e. The number of rotatable bonds is 6. The Balaban J connectivity index is 1.67. The van der Waals surface area contributed by atoms with Crippen LogP contribution in [0.5, 0.6) is 5.75 Å². The first-order valence-corrected chi connectivity index (χ1v) is 13.2. The minimum atomic E-state index is -4.06. The van der Waals surface area contributed by atoms with E-state index in [2.05, 4.69) is 4.72 Å². The molecule has 2 aliphatic heterocycles. The summed E-state index contributed by atoms with van der Waals surface area (Å²) in [5, 5.41) is 0. The molecule has 2 aliphatic rings. The molecule has 0 spiro atoms. The molecule has 0 aliphatic carbocycles. The fourth-order valence-corrected chi connectivity index (χ4v) is 6.65. The highest BCUT2D eigenvalue weighted by Crippen LogP contribution is 2.33. The SMILES string of the molecule is COc1ccc(S(=O)(=O)N2CCCCC2)cc1NS(=O)(=O)c1ccc2c(c1)CC(=O)N2C. The molecule has 9 nitrogen and oxygen atoms in total. The number of methoxy groups -OCH3 is 1. The zero-order valence-electron chi connectivity index (χ0n) is 17.9. The maximum absolute atomic E-state index is 13.1. The zero-order valence-corrected chi connectivity index (χ0v) is 19.5. The van der Waals surface area contributed by atoms with Crippen molar-refractivity contribution >= 4 is 37.3 Å². The second kappa shape index (κ2) is 8.38. The van der Waals surface area contributed by atoms with Crippen molar-refractivity contribution in [3.63, 3.8) is 0 Å². The van der Waals surface area contributed by atoms with Gasteiger partial charge in [0, 0.05) is 25.8 Å². The van der Waals surface area contributed by atoms with Crippen molar-refractivity contribution in [1.29, 1.82) is 0 Å². The number of carbonyl (C=O) groups excluding carboxylic acids is 1. The summed E-state index contributed by atoms with van der Waals surface area (Å²) in [7, 11) is -4.79. The van der Waals surface area contributed by atoms with Crippen molar-refractivity contribution in [1.82, 2.24) is 4.31 Å². The number of carbonyl (C=O) groups is 1. The highest BCUT2D eigenvalue weighted by molar-refractivity contribution is 7.92. The van der Waals surface area contributed by atoms with Crippen LogP contribution in [-0.2, 0) is 31.3 Å². The summed E-state index contributed by atoms with van der Waals surface area (Å²) in [4.78, 5) is 13.4. The smallest absolute Gasteiger partial charge is 0.262 e. The number of sulfonamides is 2. The second-order valence-corrected chi connectivity index (χ2v) is 11.5. The minimum Gasteiger partial charge on any atom is -0.495 e. The Labute approximate surface area is 188 Å². The Bertz CT molecular complexity index is 1270. The number of anilines is 2. The first-order valence-electron chi connectivity index (χ1n) is 10.2. The molecule has 11 heteroatoms. The molecule has 32 heavy (non-hydrogen) atoms. The number of nitrogens with one attached hydrogen (secondary N) is 1. The summed E-state index contributed by atoms with van der Waals surface area (Å²) < 4.78 is 61.3. The molecule has 2 aromatic rings. The van der Waals surface area contributed by atoms with Crippen LogP contribution in [0.25, 0.3) is 0 Å². The molecule has 2 heterocycles. The van der Waals surface area contributed by atoms with E-state index in [4.69, 9.17) is 4.74 Å². The van der Waals surface area contributed by atoms with Gasteiger partial charge in [-0.1, -0.05) is 6.42 Å². The predicted octanol–water partition coefficient (Wildman–Crippen LogP) is 2.19. The summed E-state index contributed by atoms with van der Waals surface area (Å²) in [6, 6.07) is 8.59. The van der Waals surface area contributed by atoms with Crippen molar-refractivity contribution in [3.8, 4) is 5.75 Å². The molecule has 0 radical (unpaired) electrons. The van der Waals surface area contributed by atoms with E-state index >= 15 is 0 Å². The largest absolute Gasteiger partial charge is 0.495 e. The zero-order chi connectivity index (χ0) is 23.1. The number of piperidine rings is 1. The van der Waals surface area contributed by atoms with Gasteiger partial charge in [-0.3, -0.25) is 9.52 Å². The lowest BCUT2D eigenvalue weighted by atomic mass is 10.2. The molecule has 1 fully saturated rings. The third kappa shape index (κ3) is 4.07. The summed E-state index contributed by atoms with van der Waals surface area (Å²) >= 11 is 0. The van der Waals surface area contributed by atoms with Gasteiger partial charge >= 0.3 is 0 Å². The molecule has 4 rings (SSSR count). The van der Waals surface area contributed by atoms with Crippen molar-refractivity contribution in [2.45, 2.75) is 35.5 Å². The van der Waals surface area contributed by atoms with Gasteiger partial charge < -0.3 is 9.64 Å². The quantitative estimate of drug-likeness (QED) is 0.680.